The van der Waals surface area contributed by atoms with E-state index in [1.165, 1.54) is 0 Å². The molecular weight excluding hydrogens is 474 g/mol. The fourth-order valence-corrected chi connectivity index (χ4v) is 3.77. The molecule has 8 nitrogen and oxygen atoms in total. The Hall–Kier alpha value is -2.44. The first-order valence-corrected chi connectivity index (χ1v) is 10.6. The first-order chi connectivity index (χ1) is 15.7. The average molecular weight is 494 g/mol. The number of benzene rings is 1. The second-order valence-electron chi connectivity index (χ2n) is 7.85. The van der Waals surface area contributed by atoms with Crippen molar-refractivity contribution in [1.82, 2.24) is 15.5 Å². The highest BCUT2D eigenvalue weighted by Gasteiger charge is 2.43. The summed E-state index contributed by atoms with van der Waals surface area (Å²) in [5, 5.41) is 10.8. The van der Waals surface area contributed by atoms with E-state index in [2.05, 4.69) is 20.3 Å². The minimum Gasteiger partial charge on any atom is -0.484 e. The van der Waals surface area contributed by atoms with Gasteiger partial charge >= 0.3 is 6.36 Å². The predicted octanol–water partition coefficient (Wildman–Crippen LogP) is 3.87. The highest BCUT2D eigenvalue weighted by molar-refractivity contribution is 6.30. The molecule has 13 heteroatoms. The number of aromatic nitrogens is 2. The molecule has 1 aromatic carbocycles. The number of nitrogens with zero attached hydrogens (tertiary/aromatic N) is 2. The largest absolute Gasteiger partial charge is 0.522 e. The second kappa shape index (κ2) is 9.82. The van der Waals surface area contributed by atoms with Crippen molar-refractivity contribution in [2.24, 2.45) is 0 Å². The lowest BCUT2D eigenvalue weighted by atomic mass is 9.82. The van der Waals surface area contributed by atoms with Crippen molar-refractivity contribution < 1.29 is 41.0 Å². The topological polar surface area (TPSA) is 95.7 Å². The molecule has 1 amide bonds. The molecule has 1 aliphatic carbocycles. The number of rotatable bonds is 7. The zero-order valence-corrected chi connectivity index (χ0v) is 17.8. The van der Waals surface area contributed by atoms with E-state index >= 15 is 0 Å². The monoisotopic (exact) mass is 493 g/mol. The molecule has 1 saturated carbocycles. The van der Waals surface area contributed by atoms with Gasteiger partial charge < -0.3 is 19.2 Å². The molecule has 4 rings (SSSR count). The Bertz CT molecular complexity index is 952. The van der Waals surface area contributed by atoms with Crippen molar-refractivity contribution in [1.29, 1.82) is 0 Å². The summed E-state index contributed by atoms with van der Waals surface area (Å²) in [5.74, 6) is -0.322. The lowest BCUT2D eigenvalue weighted by Crippen LogP contribution is -2.46. The minimum atomic E-state index is -4.69. The highest BCUT2D eigenvalue weighted by atomic mass is 35.5. The summed E-state index contributed by atoms with van der Waals surface area (Å²) < 4.78 is 71.6. The molecule has 1 saturated heterocycles. The molecule has 0 radical (unpaired) electrons. The normalized spacial score (nSPS) is 27.6. The number of alkyl halides is 4. The van der Waals surface area contributed by atoms with Gasteiger partial charge in [-0.2, -0.15) is 0 Å². The summed E-state index contributed by atoms with van der Waals surface area (Å²) in [6.45, 7) is -0.244. The Labute approximate surface area is 190 Å². The van der Waals surface area contributed by atoms with E-state index in [0.29, 0.717) is 10.8 Å². The van der Waals surface area contributed by atoms with E-state index in [-0.39, 0.29) is 50.2 Å². The van der Waals surface area contributed by atoms with Crippen molar-refractivity contribution in [3.63, 3.8) is 0 Å². The molecule has 1 aromatic heterocycles. The van der Waals surface area contributed by atoms with Crippen LogP contribution >= 0.6 is 11.6 Å². The van der Waals surface area contributed by atoms with Gasteiger partial charge in [-0.05, 0) is 37.1 Å². The first kappa shape index (κ1) is 23.7. The molecule has 33 heavy (non-hydrogen) atoms. The predicted molar refractivity (Wildman–Crippen MR) is 104 cm³/mol. The van der Waals surface area contributed by atoms with Crippen molar-refractivity contribution >= 4 is 17.5 Å². The minimum absolute atomic E-state index is 0.0143. The third-order valence-corrected chi connectivity index (χ3v) is 5.56. The third-order valence-electron chi connectivity index (χ3n) is 5.31. The molecule has 2 aliphatic rings. The van der Waals surface area contributed by atoms with Crippen LogP contribution in [0.15, 0.2) is 28.7 Å². The molecule has 1 N–H and O–H groups in total. The highest BCUT2D eigenvalue weighted by Crippen LogP contribution is 2.41. The van der Waals surface area contributed by atoms with Gasteiger partial charge in [-0.3, -0.25) is 9.53 Å². The quantitative estimate of drug-likeness (QED) is 0.585. The van der Waals surface area contributed by atoms with E-state index < -0.39 is 36.7 Å². The zero-order valence-electron chi connectivity index (χ0n) is 17.1. The molecule has 0 unspecified atom stereocenters. The summed E-state index contributed by atoms with van der Waals surface area (Å²) in [4.78, 5) is 12.1. The smallest absolute Gasteiger partial charge is 0.484 e. The molecule has 180 valence electrons. The fourth-order valence-electron chi connectivity index (χ4n) is 3.64. The van der Waals surface area contributed by atoms with Crippen LogP contribution < -0.4 is 10.1 Å². The summed E-state index contributed by atoms with van der Waals surface area (Å²) in [6.07, 6.45) is -8.18. The molecule has 3 atom stereocenters. The summed E-state index contributed by atoms with van der Waals surface area (Å²) in [5.41, 5.74) is 0. The maximum atomic E-state index is 14.7. The van der Waals surface area contributed by atoms with E-state index in [1.807, 2.05) is 0 Å². The average Bonchev–Trinajstić information content (AvgIpc) is 3.18. The lowest BCUT2D eigenvalue weighted by Gasteiger charge is -2.33. The summed E-state index contributed by atoms with van der Waals surface area (Å²) in [7, 11) is 0. The summed E-state index contributed by atoms with van der Waals surface area (Å²) >= 11 is 5.78. The first-order valence-electron chi connectivity index (χ1n) is 10.2. The molecular formula is C20H20ClF4N3O5. The van der Waals surface area contributed by atoms with Crippen LogP contribution in [0.4, 0.5) is 17.6 Å². The van der Waals surface area contributed by atoms with Crippen LogP contribution in [0.2, 0.25) is 5.02 Å². The number of hydrogen-bond acceptors (Lipinski definition) is 7. The van der Waals surface area contributed by atoms with Gasteiger partial charge in [-0.25, -0.2) is 4.39 Å². The van der Waals surface area contributed by atoms with Gasteiger partial charge in [0.25, 0.3) is 5.91 Å². The molecule has 2 heterocycles. The SMILES string of the molecule is O=C(COc1ccc(Cl)cc1)N[C@@H]1CO[C@@H](c2nnc(C3CC(OC(F)(F)F)C3)o2)[C@@H](F)C1. The third kappa shape index (κ3) is 6.33. The standard InChI is InChI=1S/C20H20ClF4N3O5/c21-11-1-3-13(4-2-11)30-9-16(29)26-12-7-15(22)17(31-8-12)19-28-27-18(32-19)10-5-14(6-10)33-20(23,24)25/h1-4,10,12,14-15,17H,5-9H2,(H,26,29)/t10?,12-,14?,15-,17+/m0/s1. The molecule has 0 bridgehead atoms. The van der Waals surface area contributed by atoms with Crippen molar-refractivity contribution in [2.45, 2.75) is 56.0 Å². The van der Waals surface area contributed by atoms with Crippen LogP contribution in [0.25, 0.3) is 0 Å². The number of halogens is 5. The number of amides is 1. The van der Waals surface area contributed by atoms with E-state index in [4.69, 9.17) is 25.5 Å². The zero-order chi connectivity index (χ0) is 23.6. The van der Waals surface area contributed by atoms with Crippen LogP contribution in [0, 0.1) is 0 Å². The maximum absolute atomic E-state index is 14.7. The number of carbonyl (C=O) groups excluding carboxylic acids is 1. The van der Waals surface area contributed by atoms with Crippen molar-refractivity contribution in [3.05, 3.63) is 41.1 Å². The van der Waals surface area contributed by atoms with Gasteiger partial charge in [0.05, 0.1) is 18.8 Å². The van der Waals surface area contributed by atoms with Gasteiger partial charge in [0.15, 0.2) is 12.7 Å². The molecule has 2 fully saturated rings. The number of nitrogens with one attached hydrogen (secondary N) is 1. The Morgan fingerprint density at radius 1 is 1.15 bits per heavy atom. The summed E-state index contributed by atoms with van der Waals surface area (Å²) in [6, 6.07) is 5.91. The number of carbonyl (C=O) groups is 1. The molecule has 0 spiro atoms. The van der Waals surface area contributed by atoms with Gasteiger partial charge in [-0.15, -0.1) is 23.4 Å². The lowest BCUT2D eigenvalue weighted by molar-refractivity contribution is -0.352. The Kier molecular flexibility index (Phi) is 7.05. The van der Waals surface area contributed by atoms with Gasteiger partial charge in [0, 0.05) is 17.4 Å². The van der Waals surface area contributed by atoms with Gasteiger partial charge in [0.2, 0.25) is 11.8 Å². The van der Waals surface area contributed by atoms with Crippen molar-refractivity contribution in [2.75, 3.05) is 13.2 Å². The Morgan fingerprint density at radius 3 is 2.52 bits per heavy atom. The van der Waals surface area contributed by atoms with Crippen LogP contribution in [0.1, 0.15) is 43.1 Å². The van der Waals surface area contributed by atoms with E-state index in [0.717, 1.165) is 0 Å². The molecule has 2 aromatic rings. The second-order valence-corrected chi connectivity index (χ2v) is 8.28. The van der Waals surface area contributed by atoms with E-state index in [1.54, 1.807) is 24.3 Å². The van der Waals surface area contributed by atoms with Crippen molar-refractivity contribution in [3.8, 4) is 5.75 Å². The van der Waals surface area contributed by atoms with Crippen LogP contribution in [0.5, 0.6) is 5.75 Å². The van der Waals surface area contributed by atoms with E-state index in [9.17, 15) is 22.4 Å². The maximum Gasteiger partial charge on any atom is 0.522 e. The number of ether oxygens (including phenoxy) is 3. The van der Waals surface area contributed by atoms with Gasteiger partial charge in [0.1, 0.15) is 11.9 Å². The molecule has 1 aliphatic heterocycles. The van der Waals surface area contributed by atoms with Crippen LogP contribution in [-0.2, 0) is 14.3 Å². The van der Waals surface area contributed by atoms with Gasteiger partial charge in [-0.1, -0.05) is 11.6 Å². The Morgan fingerprint density at radius 2 is 1.85 bits per heavy atom. The number of hydrogen-bond donors (Lipinski definition) is 1. The fraction of sp³-hybridized carbons (Fsp3) is 0.550. The van der Waals surface area contributed by atoms with Crippen LogP contribution in [-0.4, -0.2) is 54.0 Å². The Balaban J connectivity index is 1.22. The van der Waals surface area contributed by atoms with Crippen LogP contribution in [0.3, 0.4) is 0 Å².